The number of aromatic nitrogens is 4. The van der Waals surface area contributed by atoms with Gasteiger partial charge >= 0.3 is 12.9 Å². The van der Waals surface area contributed by atoms with Gasteiger partial charge in [0.25, 0.3) is 16.0 Å². The molecule has 266 valence electrons. The summed E-state index contributed by atoms with van der Waals surface area (Å²) in [5, 5.41) is 18.3. The first-order valence-electron chi connectivity index (χ1n) is 15.7. The molecule has 2 aliphatic rings. The molecule has 50 heavy (non-hydrogen) atoms. The highest BCUT2D eigenvalue weighted by Gasteiger charge is 2.57. The van der Waals surface area contributed by atoms with Crippen molar-refractivity contribution in [3.63, 3.8) is 0 Å². The number of hydrogen-bond acceptors (Lipinski definition) is 7. The SMILES string of the molecule is CCC1=C(C)C2=C(c3ccc(I)cc3)c3c(C)c(CC)c(C)n3[B-](F)(F)[N+]2=C1Cn1cc(C(=O)NCC(C(=O)NCC(=O)O)S(=O)(=O)O)nn1. The van der Waals surface area contributed by atoms with Gasteiger partial charge in [-0.15, -0.1) is 5.10 Å². The van der Waals surface area contributed by atoms with Crippen LogP contribution in [0.25, 0.3) is 5.57 Å². The monoisotopic (exact) mass is 825 g/mol. The second-order valence-corrected chi connectivity index (χ2v) is 14.8. The molecule has 1 unspecified atom stereocenters. The number of halogens is 3. The summed E-state index contributed by atoms with van der Waals surface area (Å²) >= 11 is 2.20. The van der Waals surface area contributed by atoms with Crippen LogP contribution in [0.15, 0.2) is 47.3 Å². The number of aliphatic carboxylic acids is 1. The Morgan fingerprint density at radius 1 is 1.08 bits per heavy atom. The lowest BCUT2D eigenvalue weighted by Gasteiger charge is -2.34. The number of carboxylic acids is 1. The van der Waals surface area contributed by atoms with Crippen LogP contribution >= 0.6 is 22.6 Å². The van der Waals surface area contributed by atoms with Gasteiger partial charge in [-0.2, -0.15) is 8.42 Å². The summed E-state index contributed by atoms with van der Waals surface area (Å²) in [5.74, 6) is -3.77. The summed E-state index contributed by atoms with van der Waals surface area (Å²) in [5.41, 5.74) is 5.82. The van der Waals surface area contributed by atoms with Crippen molar-refractivity contribution in [1.82, 2.24) is 30.1 Å². The molecule has 0 saturated carbocycles. The van der Waals surface area contributed by atoms with Crippen LogP contribution in [-0.4, -0.2) is 90.8 Å². The zero-order chi connectivity index (χ0) is 36.9. The Balaban J connectivity index is 1.55. The first-order chi connectivity index (χ1) is 23.4. The average molecular weight is 825 g/mol. The number of carbonyl (C=O) groups is 3. The minimum atomic E-state index is -5.04. The first-order valence-corrected chi connectivity index (χ1v) is 18.2. The van der Waals surface area contributed by atoms with Gasteiger partial charge in [0.05, 0.1) is 11.8 Å². The van der Waals surface area contributed by atoms with Crippen LogP contribution in [0.3, 0.4) is 0 Å². The van der Waals surface area contributed by atoms with E-state index in [1.807, 2.05) is 57.3 Å². The molecule has 0 aliphatic carbocycles. The Morgan fingerprint density at radius 2 is 1.74 bits per heavy atom. The molecule has 0 spiro atoms. The highest BCUT2D eigenvalue weighted by molar-refractivity contribution is 14.1. The Morgan fingerprint density at radius 3 is 2.32 bits per heavy atom. The summed E-state index contributed by atoms with van der Waals surface area (Å²) in [6.45, 7) is 2.81. The third kappa shape index (κ3) is 6.52. The van der Waals surface area contributed by atoms with E-state index in [0.29, 0.717) is 46.6 Å². The van der Waals surface area contributed by atoms with Crippen LogP contribution in [0, 0.1) is 17.4 Å². The number of allylic oxidation sites excluding steroid dienone is 2. The van der Waals surface area contributed by atoms with E-state index >= 15 is 8.63 Å². The van der Waals surface area contributed by atoms with Crippen LogP contribution in [0.5, 0.6) is 0 Å². The molecule has 2 aromatic heterocycles. The molecule has 4 heterocycles. The molecule has 1 atom stereocenters. The number of amides is 2. The van der Waals surface area contributed by atoms with Crippen molar-refractivity contribution in [2.24, 2.45) is 0 Å². The maximum absolute atomic E-state index is 17.1. The molecule has 0 saturated heterocycles. The van der Waals surface area contributed by atoms with Gasteiger partial charge in [0.1, 0.15) is 13.1 Å². The lowest BCUT2D eigenvalue weighted by Crippen LogP contribution is -2.52. The summed E-state index contributed by atoms with van der Waals surface area (Å²) in [4.78, 5) is 35.8. The summed E-state index contributed by atoms with van der Waals surface area (Å²) in [6.07, 6.45) is 2.19. The average Bonchev–Trinajstić information content (AvgIpc) is 3.69. The number of hydrogen-bond donors (Lipinski definition) is 4. The van der Waals surface area contributed by atoms with Gasteiger partial charge in [-0.3, -0.25) is 18.9 Å². The van der Waals surface area contributed by atoms with Crippen molar-refractivity contribution in [3.05, 3.63) is 84.6 Å². The van der Waals surface area contributed by atoms with Gasteiger partial charge in [-0.1, -0.05) is 31.2 Å². The van der Waals surface area contributed by atoms with E-state index in [4.69, 9.17) is 5.11 Å². The van der Waals surface area contributed by atoms with Crippen molar-refractivity contribution in [2.75, 3.05) is 13.1 Å². The predicted molar refractivity (Wildman–Crippen MR) is 188 cm³/mol. The van der Waals surface area contributed by atoms with Gasteiger partial charge in [-0.25, -0.2) is 4.68 Å². The van der Waals surface area contributed by atoms with Crippen molar-refractivity contribution in [1.29, 1.82) is 0 Å². The molecule has 4 N–H and O–H groups in total. The molecule has 0 radical (unpaired) electrons. The zero-order valence-corrected chi connectivity index (χ0v) is 30.8. The van der Waals surface area contributed by atoms with E-state index < -0.39 is 53.2 Å². The molecule has 3 aromatic rings. The van der Waals surface area contributed by atoms with Crippen LogP contribution in [0.1, 0.15) is 65.8 Å². The van der Waals surface area contributed by atoms with Crippen LogP contribution in [0.2, 0.25) is 0 Å². The van der Waals surface area contributed by atoms with Crippen molar-refractivity contribution in [2.45, 2.75) is 59.3 Å². The fraction of sp³-hybridized carbons (Fsp3) is 0.355. The van der Waals surface area contributed by atoms with Crippen LogP contribution in [0.4, 0.5) is 8.63 Å². The van der Waals surface area contributed by atoms with E-state index in [-0.39, 0.29) is 18.0 Å². The van der Waals surface area contributed by atoms with Gasteiger partial charge in [0, 0.05) is 27.0 Å². The minimum Gasteiger partial charge on any atom is -0.480 e. The number of carboxylic acid groups (broad SMARTS) is 1. The number of rotatable bonds is 12. The van der Waals surface area contributed by atoms with Gasteiger partial charge in [0.2, 0.25) is 5.91 Å². The van der Waals surface area contributed by atoms with Crippen LogP contribution in [-0.2, 0) is 32.7 Å². The smallest absolute Gasteiger partial charge is 0.480 e. The zero-order valence-electron chi connectivity index (χ0n) is 27.8. The Bertz CT molecular complexity index is 2140. The van der Waals surface area contributed by atoms with E-state index in [9.17, 15) is 27.4 Å². The topological polar surface area (TPSA) is 189 Å². The molecule has 5 rings (SSSR count). The quantitative estimate of drug-likeness (QED) is 0.121. The predicted octanol–water partition coefficient (Wildman–Crippen LogP) is 2.94. The lowest BCUT2D eigenvalue weighted by atomic mass is 9.83. The Labute approximate surface area is 300 Å². The maximum Gasteiger partial charge on any atom is 0.737 e. The van der Waals surface area contributed by atoms with E-state index in [1.165, 1.54) is 10.9 Å². The molecule has 1 aromatic carbocycles. The molecule has 14 nitrogen and oxygen atoms in total. The number of nitrogens with one attached hydrogen (secondary N) is 2. The molecule has 0 fully saturated rings. The molecule has 19 heteroatoms. The highest BCUT2D eigenvalue weighted by Crippen LogP contribution is 2.47. The molecular formula is C31H35BF2IN7O7S. The van der Waals surface area contributed by atoms with Gasteiger partial charge in [0.15, 0.2) is 22.4 Å². The fourth-order valence-electron chi connectivity index (χ4n) is 6.87. The van der Waals surface area contributed by atoms with Gasteiger partial charge in [-0.05, 0) is 90.7 Å². The lowest BCUT2D eigenvalue weighted by molar-refractivity contribution is -0.365. The molecular weight excluding hydrogens is 790 g/mol. The number of fused-ring (bicyclic) bond motifs is 2. The van der Waals surface area contributed by atoms with Crippen molar-refractivity contribution >= 4 is 68.7 Å². The second-order valence-electron chi connectivity index (χ2n) is 12.0. The minimum absolute atomic E-state index is 0.192. The fourth-order valence-corrected chi connectivity index (χ4v) is 7.88. The van der Waals surface area contributed by atoms with E-state index in [2.05, 4.69) is 38.2 Å². The Hall–Kier alpha value is -4.24. The molecule has 0 bridgehead atoms. The molecule has 2 aliphatic heterocycles. The van der Waals surface area contributed by atoms with Gasteiger partial charge < -0.3 is 33.3 Å². The van der Waals surface area contributed by atoms with Crippen molar-refractivity contribution in [3.8, 4) is 0 Å². The Kier molecular flexibility index (Phi) is 10.2. The van der Waals surface area contributed by atoms with E-state index in [1.54, 1.807) is 6.92 Å². The largest absolute Gasteiger partial charge is 0.737 e. The maximum atomic E-state index is 17.1. The normalized spacial score (nSPS) is 16.0. The van der Waals surface area contributed by atoms with E-state index in [0.717, 1.165) is 29.2 Å². The third-order valence-electron chi connectivity index (χ3n) is 9.07. The number of carbonyl (C=O) groups excluding carboxylic acids is 2. The third-order valence-corrected chi connectivity index (χ3v) is 10.9. The van der Waals surface area contributed by atoms with Crippen LogP contribution < -0.4 is 10.6 Å². The summed E-state index contributed by atoms with van der Waals surface area (Å²) < 4.78 is 71.8. The second kappa shape index (κ2) is 13.8. The standard InChI is InChI=1S/C31H35BF2IN7O7S/c1-6-21-16(3)28-27(19-8-10-20(35)11-9-19)29-17(4)22(7-2)24(42(29)32(33,34)41(28)18(21)5)15-40-14-23(38-39-40)30(45)36-12-25(50(47,48)49)31(46)37-13-26(43)44/h8-11,14,25H,6-7,12-13,15H2,1-5H3,(H,36,45)(H,37,46)(H,43,44)(H,47,48,49). The number of benzene rings is 1. The van der Waals surface area contributed by atoms with Crippen molar-refractivity contribution < 1.29 is 45.6 Å². The summed E-state index contributed by atoms with van der Waals surface area (Å²) in [7, 11) is -5.04. The first kappa shape index (κ1) is 37.0. The summed E-state index contributed by atoms with van der Waals surface area (Å²) in [6, 6.07) is 7.73. The highest BCUT2D eigenvalue weighted by atomic mass is 127. The molecule has 2 amide bonds. The number of nitrogens with zero attached hydrogens (tertiary/aromatic N) is 5.